The normalized spacial score (nSPS) is 12.8. The van der Waals surface area contributed by atoms with Crippen molar-refractivity contribution in [2.45, 2.75) is 0 Å². The van der Waals surface area contributed by atoms with Gasteiger partial charge >= 0.3 is 5.97 Å². The van der Waals surface area contributed by atoms with Crippen molar-refractivity contribution in [3.8, 4) is 17.1 Å². The summed E-state index contributed by atoms with van der Waals surface area (Å²) in [5.41, 5.74) is 8.65. The standard InChI is InChI=1S/C20H18N6O2/c1-22-16-10-9-15-19(25-16)26(13-7-5-12(6-8-13)20(27)28-2)18(24-15)14-4-3-11-23-17(14)21/h3-11H,1-2H3,(H2,21,23)(H,22,25)/i1D3. The molecule has 0 saturated carbocycles. The zero-order valence-corrected chi connectivity index (χ0v) is 14.9. The molecule has 0 saturated heterocycles. The van der Waals surface area contributed by atoms with Crippen molar-refractivity contribution in [1.29, 1.82) is 0 Å². The number of rotatable bonds is 4. The summed E-state index contributed by atoms with van der Waals surface area (Å²) in [6.45, 7) is -2.40. The number of fused-ring (bicyclic) bond motifs is 1. The Morgan fingerprint density at radius 3 is 2.71 bits per heavy atom. The van der Waals surface area contributed by atoms with Crippen LogP contribution in [-0.2, 0) is 4.74 Å². The Labute approximate surface area is 165 Å². The fourth-order valence-corrected chi connectivity index (χ4v) is 2.92. The van der Waals surface area contributed by atoms with Crippen molar-refractivity contribution in [2.75, 3.05) is 25.1 Å². The number of hydrogen-bond acceptors (Lipinski definition) is 7. The maximum atomic E-state index is 11.8. The second kappa shape index (κ2) is 6.99. The first-order valence-electron chi connectivity index (χ1n) is 9.84. The summed E-state index contributed by atoms with van der Waals surface area (Å²) in [5, 5.41) is 2.39. The summed E-state index contributed by atoms with van der Waals surface area (Å²) >= 11 is 0. The van der Waals surface area contributed by atoms with Crippen LogP contribution in [0.25, 0.3) is 28.2 Å². The predicted molar refractivity (Wildman–Crippen MR) is 107 cm³/mol. The molecule has 3 N–H and O–H groups in total. The lowest BCUT2D eigenvalue weighted by molar-refractivity contribution is 0.0601. The molecule has 3 aromatic heterocycles. The lowest BCUT2D eigenvalue weighted by atomic mass is 10.2. The first-order chi connectivity index (χ1) is 14.8. The fourth-order valence-electron chi connectivity index (χ4n) is 2.92. The van der Waals surface area contributed by atoms with Crippen LogP contribution < -0.4 is 11.1 Å². The van der Waals surface area contributed by atoms with Gasteiger partial charge in [0.2, 0.25) is 0 Å². The van der Waals surface area contributed by atoms with Crippen LogP contribution in [0.1, 0.15) is 14.5 Å². The molecule has 0 amide bonds. The van der Waals surface area contributed by atoms with Gasteiger partial charge in [0.1, 0.15) is 17.2 Å². The summed E-state index contributed by atoms with van der Waals surface area (Å²) in [7, 11) is 1.31. The highest BCUT2D eigenvalue weighted by Crippen LogP contribution is 2.30. The molecule has 8 nitrogen and oxygen atoms in total. The Morgan fingerprint density at radius 2 is 2.00 bits per heavy atom. The minimum Gasteiger partial charge on any atom is -0.465 e. The van der Waals surface area contributed by atoms with Crippen LogP contribution in [0.4, 0.5) is 11.6 Å². The summed E-state index contributed by atoms with van der Waals surface area (Å²) in [5.74, 6) is 0.475. The van der Waals surface area contributed by atoms with Gasteiger partial charge in [-0.1, -0.05) is 0 Å². The van der Waals surface area contributed by atoms with Gasteiger partial charge in [0.15, 0.2) is 11.5 Å². The smallest absolute Gasteiger partial charge is 0.337 e. The SMILES string of the molecule is [2H]C([2H])([2H])Nc1ccc2nc(-c3cccnc3N)n(-c3ccc(C(=O)OC)cc3)c2n1. The number of esters is 1. The van der Waals surface area contributed by atoms with E-state index in [1.807, 2.05) is 0 Å². The number of hydrogen-bond donors (Lipinski definition) is 2. The average molecular weight is 377 g/mol. The van der Waals surface area contributed by atoms with Gasteiger partial charge in [-0.3, -0.25) is 4.57 Å². The number of benzene rings is 1. The third-order valence-corrected chi connectivity index (χ3v) is 4.26. The van der Waals surface area contributed by atoms with Crippen molar-refractivity contribution < 1.29 is 13.6 Å². The molecule has 140 valence electrons. The van der Waals surface area contributed by atoms with Crippen molar-refractivity contribution >= 4 is 28.8 Å². The zero-order valence-electron chi connectivity index (χ0n) is 17.9. The van der Waals surface area contributed by atoms with Crippen LogP contribution in [0.5, 0.6) is 0 Å². The number of carbonyl (C=O) groups is 1. The predicted octanol–water partition coefficient (Wildman–Crippen LogP) is 2.89. The molecule has 0 aliphatic rings. The van der Waals surface area contributed by atoms with Crippen molar-refractivity contribution in [1.82, 2.24) is 19.5 Å². The Bertz CT molecular complexity index is 1270. The topological polar surface area (TPSA) is 108 Å². The van der Waals surface area contributed by atoms with E-state index in [2.05, 4.69) is 20.3 Å². The molecule has 0 atom stereocenters. The van der Waals surface area contributed by atoms with E-state index in [9.17, 15) is 4.79 Å². The van der Waals surface area contributed by atoms with Crippen molar-refractivity contribution in [3.05, 3.63) is 60.3 Å². The number of carbonyl (C=O) groups excluding carboxylic acids is 1. The summed E-state index contributed by atoms with van der Waals surface area (Å²) < 4.78 is 28.8. The molecular weight excluding hydrogens is 356 g/mol. The molecule has 8 heteroatoms. The van der Waals surface area contributed by atoms with Gasteiger partial charge < -0.3 is 15.8 Å². The van der Waals surface area contributed by atoms with E-state index in [4.69, 9.17) is 14.6 Å². The monoisotopic (exact) mass is 377 g/mol. The van der Waals surface area contributed by atoms with Crippen LogP contribution in [0, 0.1) is 0 Å². The molecule has 0 fully saturated rings. The second-order valence-corrected chi connectivity index (χ2v) is 5.91. The zero-order chi connectivity index (χ0) is 22.2. The lowest BCUT2D eigenvalue weighted by Crippen LogP contribution is -2.04. The Balaban J connectivity index is 1.94. The van der Waals surface area contributed by atoms with Gasteiger partial charge in [0, 0.05) is 23.0 Å². The molecule has 4 aromatic rings. The number of ether oxygens (including phenoxy) is 1. The molecule has 4 rings (SSSR count). The summed E-state index contributed by atoms with van der Waals surface area (Å²) in [6.07, 6.45) is 1.58. The van der Waals surface area contributed by atoms with Gasteiger partial charge in [-0.05, 0) is 48.5 Å². The van der Waals surface area contributed by atoms with Gasteiger partial charge in [0.05, 0.1) is 18.2 Å². The van der Waals surface area contributed by atoms with Gasteiger partial charge in [-0.15, -0.1) is 0 Å². The lowest BCUT2D eigenvalue weighted by Gasteiger charge is -2.11. The third kappa shape index (κ3) is 2.90. The van der Waals surface area contributed by atoms with Crippen molar-refractivity contribution in [2.24, 2.45) is 0 Å². The van der Waals surface area contributed by atoms with Gasteiger partial charge in [-0.2, -0.15) is 0 Å². The maximum Gasteiger partial charge on any atom is 0.337 e. The first kappa shape index (κ1) is 14.2. The van der Waals surface area contributed by atoms with Crippen LogP contribution in [-0.4, -0.2) is 39.6 Å². The van der Waals surface area contributed by atoms with E-state index < -0.39 is 12.9 Å². The van der Waals surface area contributed by atoms with Crippen molar-refractivity contribution in [3.63, 3.8) is 0 Å². The third-order valence-electron chi connectivity index (χ3n) is 4.26. The molecular formula is C20H18N6O2. The van der Waals surface area contributed by atoms with E-state index in [-0.39, 0.29) is 11.6 Å². The molecule has 1 aromatic carbocycles. The highest BCUT2D eigenvalue weighted by atomic mass is 16.5. The maximum absolute atomic E-state index is 11.8. The highest BCUT2D eigenvalue weighted by Gasteiger charge is 2.18. The molecule has 0 spiro atoms. The number of methoxy groups -OCH3 is 1. The Morgan fingerprint density at radius 1 is 1.18 bits per heavy atom. The van der Waals surface area contributed by atoms with Gasteiger partial charge in [-0.25, -0.2) is 19.7 Å². The molecule has 0 aliphatic carbocycles. The number of anilines is 2. The summed E-state index contributed by atoms with van der Waals surface area (Å²) in [6, 6.07) is 13.4. The average Bonchev–Trinajstić information content (AvgIpc) is 3.11. The largest absolute Gasteiger partial charge is 0.465 e. The quantitative estimate of drug-likeness (QED) is 0.526. The van der Waals surface area contributed by atoms with E-state index in [1.54, 1.807) is 59.3 Å². The fraction of sp³-hybridized carbons (Fsp3) is 0.100. The number of nitrogen functional groups attached to an aromatic ring is 1. The Hall–Kier alpha value is -3.94. The van der Waals surface area contributed by atoms with Crippen LogP contribution >= 0.6 is 0 Å². The molecule has 0 unspecified atom stereocenters. The molecule has 0 bridgehead atoms. The number of pyridine rings is 2. The van der Waals surface area contributed by atoms with E-state index >= 15 is 0 Å². The second-order valence-electron chi connectivity index (χ2n) is 5.91. The molecule has 28 heavy (non-hydrogen) atoms. The number of nitrogens with zero attached hydrogens (tertiary/aromatic N) is 4. The minimum absolute atomic E-state index is 0.172. The Kier molecular flexibility index (Phi) is 3.54. The van der Waals surface area contributed by atoms with Gasteiger partial charge in [0.25, 0.3) is 0 Å². The first-order valence-corrected chi connectivity index (χ1v) is 8.34. The van der Waals surface area contributed by atoms with E-state index in [0.29, 0.717) is 33.8 Å². The molecule has 0 aliphatic heterocycles. The van der Waals surface area contributed by atoms with E-state index in [1.165, 1.54) is 7.11 Å². The highest BCUT2D eigenvalue weighted by molar-refractivity contribution is 5.90. The number of imidazole rings is 1. The minimum atomic E-state index is -2.40. The molecule has 3 heterocycles. The number of aromatic nitrogens is 4. The van der Waals surface area contributed by atoms with Crippen LogP contribution in [0.3, 0.4) is 0 Å². The van der Waals surface area contributed by atoms with Crippen LogP contribution in [0.15, 0.2) is 54.7 Å². The molecule has 0 radical (unpaired) electrons. The summed E-state index contributed by atoms with van der Waals surface area (Å²) in [4.78, 5) is 25.0. The number of nitrogens with one attached hydrogen (secondary N) is 1. The number of nitrogens with two attached hydrogens (primary N) is 1. The van der Waals surface area contributed by atoms with E-state index in [0.717, 1.165) is 0 Å². The van der Waals surface area contributed by atoms with Crippen LogP contribution in [0.2, 0.25) is 0 Å².